The summed E-state index contributed by atoms with van der Waals surface area (Å²) in [6.07, 6.45) is 0. The average Bonchev–Trinajstić information content (AvgIpc) is 2.61. The lowest BCUT2D eigenvalue weighted by Gasteiger charge is -2.21. The summed E-state index contributed by atoms with van der Waals surface area (Å²) in [6.45, 7) is 6.06. The predicted octanol–water partition coefficient (Wildman–Crippen LogP) is 3.57. The maximum atomic E-state index is 12.4. The lowest BCUT2D eigenvalue weighted by molar-refractivity contribution is 0.410. The Hall–Kier alpha value is -1.65. The number of guanidine groups is 1. The molecule has 0 aliphatic heterocycles. The Bertz CT molecular complexity index is 864. The van der Waals surface area contributed by atoms with Gasteiger partial charge in [0.25, 0.3) is 0 Å². The van der Waals surface area contributed by atoms with Crippen molar-refractivity contribution in [2.24, 2.45) is 10.7 Å². The number of rotatable bonds is 6. The van der Waals surface area contributed by atoms with Crippen LogP contribution in [0.25, 0.3) is 0 Å². The van der Waals surface area contributed by atoms with Gasteiger partial charge in [-0.05, 0) is 50.6 Å². The molecule has 2 rings (SSSR count). The van der Waals surface area contributed by atoms with Crippen molar-refractivity contribution in [3.63, 3.8) is 0 Å². The fourth-order valence-corrected chi connectivity index (χ4v) is 3.58. The molecule has 3 N–H and O–H groups in total. The molecule has 0 spiro atoms. The summed E-state index contributed by atoms with van der Waals surface area (Å²) in [5, 5.41) is 3.03. The highest BCUT2D eigenvalue weighted by Crippen LogP contribution is 2.17. The molecule has 2 aromatic carbocycles. The van der Waals surface area contributed by atoms with E-state index in [0.29, 0.717) is 12.5 Å². The van der Waals surface area contributed by atoms with Crippen LogP contribution in [0.2, 0.25) is 0 Å². The van der Waals surface area contributed by atoms with Crippen LogP contribution in [0.4, 0.5) is 5.69 Å². The van der Waals surface area contributed by atoms with E-state index in [1.165, 1.54) is 9.87 Å². The second kappa shape index (κ2) is 10.0. The van der Waals surface area contributed by atoms with Gasteiger partial charge in [0, 0.05) is 18.8 Å². The molecule has 0 aromatic heterocycles. The molecular formula is C19H27IN4O2S. The first-order valence-corrected chi connectivity index (χ1v) is 9.85. The molecule has 0 saturated carbocycles. The quantitative estimate of drug-likeness (QED) is 0.359. The Morgan fingerprint density at radius 2 is 1.67 bits per heavy atom. The molecular weight excluding hydrogens is 475 g/mol. The van der Waals surface area contributed by atoms with Crippen LogP contribution in [-0.2, 0) is 16.6 Å². The highest BCUT2D eigenvalue weighted by Gasteiger charge is 2.22. The van der Waals surface area contributed by atoms with Crippen LogP contribution >= 0.6 is 24.0 Å². The number of sulfonamides is 1. The van der Waals surface area contributed by atoms with Gasteiger partial charge in [-0.3, -0.25) is 0 Å². The van der Waals surface area contributed by atoms with Gasteiger partial charge in [0.2, 0.25) is 10.0 Å². The highest BCUT2D eigenvalue weighted by molar-refractivity contribution is 14.0. The molecule has 6 nitrogen and oxygen atoms in total. The zero-order valence-corrected chi connectivity index (χ0v) is 19.2. The predicted molar refractivity (Wildman–Crippen MR) is 122 cm³/mol. The van der Waals surface area contributed by atoms with Gasteiger partial charge in [-0.15, -0.1) is 24.0 Å². The summed E-state index contributed by atoms with van der Waals surface area (Å²) in [4.78, 5) is 4.56. The van der Waals surface area contributed by atoms with Gasteiger partial charge in [0.15, 0.2) is 5.96 Å². The molecule has 0 aliphatic carbocycles. The maximum absolute atomic E-state index is 12.4. The van der Waals surface area contributed by atoms with Crippen molar-refractivity contribution < 1.29 is 8.42 Å². The van der Waals surface area contributed by atoms with Gasteiger partial charge < -0.3 is 11.1 Å². The van der Waals surface area contributed by atoms with Crippen molar-refractivity contribution >= 4 is 45.6 Å². The smallest absolute Gasteiger partial charge is 0.243 e. The van der Waals surface area contributed by atoms with E-state index in [1.54, 1.807) is 31.3 Å². The highest BCUT2D eigenvalue weighted by atomic mass is 127. The van der Waals surface area contributed by atoms with Crippen molar-refractivity contribution in [1.82, 2.24) is 4.31 Å². The van der Waals surface area contributed by atoms with Crippen LogP contribution in [0.1, 0.15) is 25.0 Å². The van der Waals surface area contributed by atoms with Gasteiger partial charge in [0.05, 0.1) is 11.4 Å². The number of nitrogens with two attached hydrogens (primary N) is 1. The number of nitrogens with one attached hydrogen (secondary N) is 1. The van der Waals surface area contributed by atoms with Crippen LogP contribution in [0.15, 0.2) is 58.4 Å². The maximum Gasteiger partial charge on any atom is 0.243 e. The monoisotopic (exact) mass is 502 g/mol. The summed E-state index contributed by atoms with van der Waals surface area (Å²) in [5.74, 6) is 0.310. The fourth-order valence-electron chi connectivity index (χ4n) is 2.21. The van der Waals surface area contributed by atoms with E-state index in [0.717, 1.165) is 11.3 Å². The number of anilines is 1. The molecule has 0 radical (unpaired) electrons. The minimum atomic E-state index is -3.47. The number of aliphatic imine (C=N–C) groups is 1. The summed E-state index contributed by atoms with van der Waals surface area (Å²) >= 11 is 0. The first kappa shape index (κ1) is 23.4. The zero-order valence-electron chi connectivity index (χ0n) is 16.0. The van der Waals surface area contributed by atoms with E-state index in [-0.39, 0.29) is 34.9 Å². The lowest BCUT2D eigenvalue weighted by Crippen LogP contribution is -2.33. The van der Waals surface area contributed by atoms with Crippen molar-refractivity contribution in [1.29, 1.82) is 0 Å². The molecule has 0 fully saturated rings. The minimum Gasteiger partial charge on any atom is -0.370 e. The molecule has 27 heavy (non-hydrogen) atoms. The third kappa shape index (κ3) is 6.47. The summed E-state index contributed by atoms with van der Waals surface area (Å²) in [7, 11) is -1.89. The number of halogens is 1. The Kier molecular flexibility index (Phi) is 8.70. The van der Waals surface area contributed by atoms with Crippen molar-refractivity contribution in [2.45, 2.75) is 38.3 Å². The van der Waals surface area contributed by atoms with E-state index in [9.17, 15) is 8.42 Å². The molecule has 0 atom stereocenters. The van der Waals surface area contributed by atoms with E-state index in [2.05, 4.69) is 10.3 Å². The fraction of sp³-hybridized carbons (Fsp3) is 0.316. The van der Waals surface area contributed by atoms with Crippen LogP contribution in [-0.4, -0.2) is 31.8 Å². The molecule has 0 aliphatic rings. The van der Waals surface area contributed by atoms with Crippen LogP contribution in [0, 0.1) is 6.92 Å². The van der Waals surface area contributed by atoms with Crippen molar-refractivity contribution in [2.75, 3.05) is 12.4 Å². The third-order valence-corrected chi connectivity index (χ3v) is 6.13. The Labute approximate surface area is 178 Å². The number of hydrogen-bond donors (Lipinski definition) is 2. The van der Waals surface area contributed by atoms with Crippen molar-refractivity contribution in [3.05, 3.63) is 59.7 Å². The molecule has 0 saturated heterocycles. The molecule has 2 aromatic rings. The second-order valence-corrected chi connectivity index (χ2v) is 8.45. The minimum absolute atomic E-state index is 0. The average molecular weight is 502 g/mol. The molecule has 0 heterocycles. The molecule has 0 amide bonds. The van der Waals surface area contributed by atoms with E-state index >= 15 is 0 Å². The van der Waals surface area contributed by atoms with Gasteiger partial charge >= 0.3 is 0 Å². The number of benzene rings is 2. The summed E-state index contributed by atoms with van der Waals surface area (Å²) in [5.41, 5.74) is 8.82. The number of nitrogens with zero attached hydrogens (tertiary/aromatic N) is 2. The molecule has 0 bridgehead atoms. The first-order valence-electron chi connectivity index (χ1n) is 8.40. The summed E-state index contributed by atoms with van der Waals surface area (Å²) < 4.78 is 26.2. The van der Waals surface area contributed by atoms with Gasteiger partial charge in [-0.1, -0.05) is 29.8 Å². The SMILES string of the molecule is Cc1ccc(NC(N)=NCc2ccc(S(=O)(=O)N(C)C(C)C)cc2)cc1.I. The van der Waals surface area contributed by atoms with Crippen molar-refractivity contribution in [3.8, 4) is 0 Å². The Morgan fingerprint density at radius 3 is 2.19 bits per heavy atom. The number of aryl methyl sites for hydroxylation is 1. The van der Waals surface area contributed by atoms with Crippen LogP contribution in [0.5, 0.6) is 0 Å². The molecule has 148 valence electrons. The Morgan fingerprint density at radius 1 is 1.11 bits per heavy atom. The molecule has 8 heteroatoms. The van der Waals surface area contributed by atoms with E-state index in [4.69, 9.17) is 5.73 Å². The zero-order chi connectivity index (χ0) is 19.3. The topological polar surface area (TPSA) is 87.8 Å². The van der Waals surface area contributed by atoms with Crippen LogP contribution < -0.4 is 11.1 Å². The van der Waals surface area contributed by atoms with Gasteiger partial charge in [-0.2, -0.15) is 4.31 Å². The number of hydrogen-bond acceptors (Lipinski definition) is 3. The standard InChI is InChI=1S/C19H26N4O2S.HI/c1-14(2)23(4)26(24,25)18-11-7-16(8-12-18)13-21-19(20)22-17-9-5-15(3)6-10-17;/h5-12,14H,13H2,1-4H3,(H3,20,21,22);1H. The first-order chi connectivity index (χ1) is 12.2. The van der Waals surface area contributed by atoms with Crippen LogP contribution in [0.3, 0.4) is 0 Å². The summed E-state index contributed by atoms with van der Waals surface area (Å²) in [6, 6.07) is 14.5. The van der Waals surface area contributed by atoms with Gasteiger partial charge in [0.1, 0.15) is 0 Å². The largest absolute Gasteiger partial charge is 0.370 e. The lowest BCUT2D eigenvalue weighted by atomic mass is 10.2. The van der Waals surface area contributed by atoms with Gasteiger partial charge in [-0.25, -0.2) is 13.4 Å². The Balaban J connectivity index is 0.00000364. The molecule has 0 unspecified atom stereocenters. The van der Waals surface area contributed by atoms with E-state index < -0.39 is 10.0 Å². The second-order valence-electron chi connectivity index (χ2n) is 6.45. The van der Waals surface area contributed by atoms with E-state index in [1.807, 2.05) is 45.0 Å². The third-order valence-electron chi connectivity index (χ3n) is 4.08. The normalized spacial score (nSPS) is 12.1.